The SMILES string of the molecule is CC(=O)OC(N(C)C(=O)Nc1ccc(Cl)c(Cl)c1)C(Cl)(Cl)Cl. The topological polar surface area (TPSA) is 58.6 Å². The molecule has 0 aliphatic carbocycles. The first-order chi connectivity index (χ1) is 10.0. The van der Waals surface area contributed by atoms with Crippen molar-refractivity contribution in [2.75, 3.05) is 12.4 Å². The van der Waals surface area contributed by atoms with Crippen molar-refractivity contribution in [3.8, 4) is 0 Å². The summed E-state index contributed by atoms with van der Waals surface area (Å²) in [5.74, 6) is -0.703. The van der Waals surface area contributed by atoms with Crippen LogP contribution in [0.25, 0.3) is 0 Å². The van der Waals surface area contributed by atoms with Crippen LogP contribution in [0.4, 0.5) is 10.5 Å². The van der Waals surface area contributed by atoms with Crippen molar-refractivity contribution < 1.29 is 14.3 Å². The standard InChI is InChI=1S/C12H11Cl5N2O3/c1-6(20)22-10(12(15,16)17)19(2)11(21)18-7-3-4-8(13)9(14)5-7/h3-5,10H,1-2H3,(H,18,21). The second kappa shape index (κ2) is 7.79. The van der Waals surface area contributed by atoms with Crippen LogP contribution in [0.3, 0.4) is 0 Å². The van der Waals surface area contributed by atoms with Gasteiger partial charge in [0.05, 0.1) is 10.0 Å². The first-order valence-corrected chi connectivity index (χ1v) is 7.64. The Bertz CT molecular complexity index is 576. The summed E-state index contributed by atoms with van der Waals surface area (Å²) in [4.78, 5) is 24.2. The van der Waals surface area contributed by atoms with Crippen molar-refractivity contribution in [2.24, 2.45) is 0 Å². The van der Waals surface area contributed by atoms with Gasteiger partial charge in [-0.05, 0) is 18.2 Å². The molecule has 22 heavy (non-hydrogen) atoms. The summed E-state index contributed by atoms with van der Waals surface area (Å²) in [7, 11) is 1.31. The van der Waals surface area contributed by atoms with Crippen LogP contribution in [-0.4, -0.2) is 34.0 Å². The number of hydrogen-bond donors (Lipinski definition) is 1. The minimum Gasteiger partial charge on any atom is -0.437 e. The zero-order chi connectivity index (χ0) is 17.1. The zero-order valence-electron chi connectivity index (χ0n) is 11.4. The van der Waals surface area contributed by atoms with Crippen molar-refractivity contribution in [1.82, 2.24) is 4.90 Å². The molecule has 0 saturated carbocycles. The fourth-order valence-corrected chi connectivity index (χ4v) is 2.29. The van der Waals surface area contributed by atoms with Gasteiger partial charge in [-0.3, -0.25) is 9.69 Å². The van der Waals surface area contributed by atoms with Crippen LogP contribution in [0.1, 0.15) is 6.92 Å². The number of esters is 1. The number of urea groups is 1. The van der Waals surface area contributed by atoms with Crippen LogP contribution in [0.5, 0.6) is 0 Å². The van der Waals surface area contributed by atoms with Crippen LogP contribution >= 0.6 is 58.0 Å². The Balaban J connectivity index is 2.89. The van der Waals surface area contributed by atoms with Crippen molar-refractivity contribution in [2.45, 2.75) is 16.9 Å². The lowest BCUT2D eigenvalue weighted by Crippen LogP contribution is -2.49. The highest BCUT2D eigenvalue weighted by Gasteiger charge is 2.40. The molecule has 0 aromatic heterocycles. The highest BCUT2D eigenvalue weighted by molar-refractivity contribution is 6.68. The van der Waals surface area contributed by atoms with Gasteiger partial charge in [0.1, 0.15) is 0 Å². The van der Waals surface area contributed by atoms with E-state index in [0.717, 1.165) is 11.8 Å². The number of rotatable bonds is 3. The fourth-order valence-electron chi connectivity index (χ4n) is 1.41. The number of nitrogens with one attached hydrogen (secondary N) is 1. The molecule has 1 aromatic rings. The second-order valence-electron chi connectivity index (χ2n) is 4.17. The lowest BCUT2D eigenvalue weighted by Gasteiger charge is -2.32. The van der Waals surface area contributed by atoms with Gasteiger partial charge in [-0.15, -0.1) is 0 Å². The van der Waals surface area contributed by atoms with E-state index >= 15 is 0 Å². The van der Waals surface area contributed by atoms with Gasteiger partial charge < -0.3 is 10.1 Å². The summed E-state index contributed by atoms with van der Waals surface area (Å²) >= 11 is 28.8. The Kier molecular flexibility index (Phi) is 6.89. The van der Waals surface area contributed by atoms with Gasteiger partial charge in [-0.1, -0.05) is 58.0 Å². The second-order valence-corrected chi connectivity index (χ2v) is 7.36. The number of benzene rings is 1. The average molecular weight is 408 g/mol. The first-order valence-electron chi connectivity index (χ1n) is 5.75. The third-order valence-electron chi connectivity index (χ3n) is 2.40. The highest BCUT2D eigenvalue weighted by atomic mass is 35.6. The minimum absolute atomic E-state index is 0.264. The third kappa shape index (κ3) is 5.56. The maximum atomic E-state index is 12.1. The predicted octanol–water partition coefficient (Wildman–Crippen LogP) is 4.72. The van der Waals surface area contributed by atoms with E-state index in [2.05, 4.69) is 5.32 Å². The molecule has 0 radical (unpaired) electrons. The van der Waals surface area contributed by atoms with Crippen molar-refractivity contribution >= 4 is 75.7 Å². The first kappa shape index (κ1) is 19.5. The molecule has 10 heteroatoms. The molecule has 0 heterocycles. The van der Waals surface area contributed by atoms with E-state index in [4.69, 9.17) is 62.7 Å². The summed E-state index contributed by atoms with van der Waals surface area (Å²) in [6, 6.07) is 3.83. The number of ether oxygens (including phenoxy) is 1. The van der Waals surface area contributed by atoms with Crippen LogP contribution in [0.15, 0.2) is 18.2 Å². The molecule has 0 aliphatic heterocycles. The number of hydrogen-bond acceptors (Lipinski definition) is 3. The Hall–Kier alpha value is -0.590. The van der Waals surface area contributed by atoms with Gasteiger partial charge in [0, 0.05) is 19.7 Å². The Morgan fingerprint density at radius 1 is 1.23 bits per heavy atom. The molecular weight excluding hydrogens is 397 g/mol. The molecule has 1 aromatic carbocycles. The van der Waals surface area contributed by atoms with E-state index in [0.29, 0.717) is 10.7 Å². The molecule has 5 nitrogen and oxygen atoms in total. The molecule has 0 aliphatic rings. The maximum Gasteiger partial charge on any atom is 0.324 e. The van der Waals surface area contributed by atoms with Crippen molar-refractivity contribution in [3.05, 3.63) is 28.2 Å². The molecule has 1 rings (SSSR count). The molecule has 0 spiro atoms. The number of nitrogens with zero attached hydrogens (tertiary/aromatic N) is 1. The summed E-state index contributed by atoms with van der Waals surface area (Å²) in [5.41, 5.74) is 0.372. The third-order valence-corrected chi connectivity index (χ3v) is 3.70. The van der Waals surface area contributed by atoms with E-state index in [1.54, 1.807) is 0 Å². The van der Waals surface area contributed by atoms with E-state index in [1.165, 1.54) is 25.2 Å². The van der Waals surface area contributed by atoms with Crippen molar-refractivity contribution in [1.29, 1.82) is 0 Å². The van der Waals surface area contributed by atoms with Gasteiger partial charge in [-0.2, -0.15) is 0 Å². The predicted molar refractivity (Wildman–Crippen MR) is 89.1 cm³/mol. The Morgan fingerprint density at radius 2 is 1.82 bits per heavy atom. The highest BCUT2D eigenvalue weighted by Crippen LogP contribution is 2.34. The van der Waals surface area contributed by atoms with Gasteiger partial charge in [0.2, 0.25) is 10.0 Å². The number of amides is 2. The minimum atomic E-state index is -2.02. The largest absolute Gasteiger partial charge is 0.437 e. The summed E-state index contributed by atoms with van der Waals surface area (Å²) < 4.78 is 2.84. The summed E-state index contributed by atoms with van der Waals surface area (Å²) in [6.45, 7) is 1.13. The number of carbonyl (C=O) groups is 2. The van der Waals surface area contributed by atoms with Gasteiger partial charge >= 0.3 is 12.0 Å². The lowest BCUT2D eigenvalue weighted by molar-refractivity contribution is -0.152. The lowest BCUT2D eigenvalue weighted by atomic mass is 10.3. The molecule has 0 fully saturated rings. The van der Waals surface area contributed by atoms with E-state index in [9.17, 15) is 9.59 Å². The molecule has 0 bridgehead atoms. The Labute approximate surface area is 152 Å². The number of anilines is 1. The van der Waals surface area contributed by atoms with Crippen LogP contribution in [-0.2, 0) is 9.53 Å². The normalized spacial score (nSPS) is 12.5. The molecule has 2 amide bonds. The molecule has 0 saturated heterocycles. The number of halogens is 5. The monoisotopic (exact) mass is 406 g/mol. The number of alkyl halides is 3. The summed E-state index contributed by atoms with van der Waals surface area (Å²) in [6.07, 6.45) is -1.40. The van der Waals surface area contributed by atoms with Crippen LogP contribution < -0.4 is 5.32 Å². The van der Waals surface area contributed by atoms with E-state index in [-0.39, 0.29) is 5.02 Å². The molecule has 1 N–H and O–H groups in total. The molecule has 1 atom stereocenters. The molecule has 122 valence electrons. The molecule has 1 unspecified atom stereocenters. The fraction of sp³-hybridized carbons (Fsp3) is 0.333. The quantitative estimate of drug-likeness (QED) is 0.447. The maximum absolute atomic E-state index is 12.1. The average Bonchev–Trinajstić information content (AvgIpc) is 2.38. The van der Waals surface area contributed by atoms with E-state index < -0.39 is 22.0 Å². The van der Waals surface area contributed by atoms with Gasteiger partial charge in [0.15, 0.2) is 0 Å². The Morgan fingerprint density at radius 3 is 2.27 bits per heavy atom. The zero-order valence-corrected chi connectivity index (χ0v) is 15.2. The van der Waals surface area contributed by atoms with Crippen molar-refractivity contribution in [3.63, 3.8) is 0 Å². The molecular formula is C12H11Cl5N2O3. The summed E-state index contributed by atoms with van der Waals surface area (Å²) in [5, 5.41) is 3.12. The van der Waals surface area contributed by atoms with Crippen LogP contribution in [0, 0.1) is 0 Å². The van der Waals surface area contributed by atoms with E-state index in [1.807, 2.05) is 0 Å². The van der Waals surface area contributed by atoms with Gasteiger partial charge in [-0.25, -0.2) is 4.79 Å². The van der Waals surface area contributed by atoms with Gasteiger partial charge in [0.25, 0.3) is 0 Å². The van der Waals surface area contributed by atoms with Crippen LogP contribution in [0.2, 0.25) is 10.0 Å². The smallest absolute Gasteiger partial charge is 0.324 e. The number of carbonyl (C=O) groups excluding carboxylic acids is 2.